The first-order valence-corrected chi connectivity index (χ1v) is 7.82. The molecule has 1 fully saturated rings. The molecule has 1 aliphatic rings. The van der Waals surface area contributed by atoms with E-state index in [-0.39, 0.29) is 5.91 Å². The zero-order chi connectivity index (χ0) is 13.9. The monoisotopic (exact) mass is 275 g/mol. The summed E-state index contributed by atoms with van der Waals surface area (Å²) in [5, 5.41) is 6.83. The van der Waals surface area contributed by atoms with E-state index in [2.05, 4.69) is 18.2 Å². The maximum absolute atomic E-state index is 12.2. The van der Waals surface area contributed by atoms with Gasteiger partial charge in [0.1, 0.15) is 5.54 Å². The highest BCUT2D eigenvalue weighted by molar-refractivity contribution is 7.08. The summed E-state index contributed by atoms with van der Waals surface area (Å²) < 4.78 is 0. The van der Waals surface area contributed by atoms with Crippen molar-refractivity contribution < 1.29 is 4.79 Å². The first-order chi connectivity index (χ1) is 9.05. The highest BCUT2D eigenvalue weighted by Crippen LogP contribution is 2.35. The highest BCUT2D eigenvalue weighted by atomic mass is 32.1. The van der Waals surface area contributed by atoms with Gasteiger partial charge in [0, 0.05) is 5.38 Å². The van der Waals surface area contributed by atoms with Crippen LogP contribution in [0.1, 0.15) is 49.9 Å². The molecule has 0 bridgehead atoms. The summed E-state index contributed by atoms with van der Waals surface area (Å²) in [7, 11) is 0. The minimum Gasteiger partial charge on any atom is -0.336 e. The van der Waals surface area contributed by atoms with E-state index in [0.717, 1.165) is 18.8 Å². The van der Waals surface area contributed by atoms with Gasteiger partial charge in [0.05, 0.1) is 5.56 Å². The maximum Gasteiger partial charge on any atom is 0.253 e. The van der Waals surface area contributed by atoms with Crippen LogP contribution >= 0.6 is 11.3 Å². The fraction of sp³-hybridized carbons (Fsp3) is 0.562. The predicted molar refractivity (Wildman–Crippen MR) is 80.1 cm³/mol. The average molecular weight is 275 g/mol. The number of amides is 1. The summed E-state index contributed by atoms with van der Waals surface area (Å²) in [6.45, 7) is 4.27. The lowest BCUT2D eigenvalue weighted by molar-refractivity contribution is 0.0881. The third-order valence-corrected chi connectivity index (χ3v) is 4.97. The van der Waals surface area contributed by atoms with Crippen LogP contribution in [0.3, 0.4) is 0 Å². The van der Waals surface area contributed by atoms with Crippen LogP contribution < -0.4 is 5.32 Å². The van der Waals surface area contributed by atoms with Crippen LogP contribution in [0, 0.1) is 24.2 Å². The van der Waals surface area contributed by atoms with Gasteiger partial charge in [0.2, 0.25) is 0 Å². The van der Waals surface area contributed by atoms with E-state index in [4.69, 9.17) is 6.42 Å². The third kappa shape index (κ3) is 3.19. The van der Waals surface area contributed by atoms with Crippen molar-refractivity contribution in [1.82, 2.24) is 5.32 Å². The van der Waals surface area contributed by atoms with Crippen LogP contribution in [-0.4, -0.2) is 11.4 Å². The van der Waals surface area contributed by atoms with Crippen LogP contribution in [0.15, 0.2) is 16.8 Å². The minimum atomic E-state index is -0.529. The summed E-state index contributed by atoms with van der Waals surface area (Å²) in [5.41, 5.74) is 0.176. The van der Waals surface area contributed by atoms with Crippen LogP contribution in [-0.2, 0) is 0 Å². The smallest absolute Gasteiger partial charge is 0.253 e. The third-order valence-electron chi connectivity index (χ3n) is 4.29. The lowest BCUT2D eigenvalue weighted by Gasteiger charge is -2.38. The predicted octanol–water partition coefficient (Wildman–Crippen LogP) is 3.70. The number of hydrogen-bond acceptors (Lipinski definition) is 2. The van der Waals surface area contributed by atoms with Gasteiger partial charge in [-0.15, -0.1) is 6.42 Å². The Kier molecular flexibility index (Phi) is 4.31. The van der Waals surface area contributed by atoms with Crippen LogP contribution in [0.5, 0.6) is 0 Å². The molecule has 1 saturated carbocycles. The largest absolute Gasteiger partial charge is 0.336 e. The Hall–Kier alpha value is -1.27. The quantitative estimate of drug-likeness (QED) is 0.837. The van der Waals surface area contributed by atoms with E-state index in [0.29, 0.717) is 11.5 Å². The molecule has 1 atom stereocenters. The van der Waals surface area contributed by atoms with Crippen molar-refractivity contribution in [3.8, 4) is 12.3 Å². The van der Waals surface area contributed by atoms with Crippen molar-refractivity contribution >= 4 is 17.2 Å². The Morgan fingerprint density at radius 1 is 1.47 bits per heavy atom. The molecule has 1 unspecified atom stereocenters. The molecular weight excluding hydrogens is 254 g/mol. The molecule has 0 aliphatic heterocycles. The van der Waals surface area contributed by atoms with Gasteiger partial charge in [-0.2, -0.15) is 11.3 Å². The maximum atomic E-state index is 12.2. The Morgan fingerprint density at radius 3 is 2.68 bits per heavy atom. The summed E-state index contributed by atoms with van der Waals surface area (Å²) in [4.78, 5) is 12.2. The number of thiophene rings is 1. The molecule has 0 saturated heterocycles. The van der Waals surface area contributed by atoms with Gasteiger partial charge in [0.25, 0.3) is 5.91 Å². The molecule has 19 heavy (non-hydrogen) atoms. The van der Waals surface area contributed by atoms with Gasteiger partial charge < -0.3 is 5.32 Å². The Balaban J connectivity index is 2.06. The van der Waals surface area contributed by atoms with E-state index >= 15 is 0 Å². The molecule has 0 radical (unpaired) electrons. The molecule has 3 heteroatoms. The number of rotatable bonds is 3. The van der Waals surface area contributed by atoms with Crippen molar-refractivity contribution in [2.45, 2.75) is 45.1 Å². The first kappa shape index (κ1) is 14.1. The summed E-state index contributed by atoms with van der Waals surface area (Å²) >= 11 is 1.52. The van der Waals surface area contributed by atoms with Gasteiger partial charge in [-0.1, -0.05) is 25.7 Å². The van der Waals surface area contributed by atoms with Crippen molar-refractivity contribution in [1.29, 1.82) is 0 Å². The second kappa shape index (κ2) is 5.79. The first-order valence-electron chi connectivity index (χ1n) is 6.87. The molecule has 1 aromatic heterocycles. The van der Waals surface area contributed by atoms with Crippen molar-refractivity contribution in [3.63, 3.8) is 0 Å². The minimum absolute atomic E-state index is 0.0553. The molecule has 1 N–H and O–H groups in total. The van der Waals surface area contributed by atoms with Gasteiger partial charge in [-0.3, -0.25) is 4.79 Å². The van der Waals surface area contributed by atoms with Crippen molar-refractivity contribution in [2.75, 3.05) is 0 Å². The zero-order valence-electron chi connectivity index (χ0n) is 11.6. The lowest BCUT2D eigenvalue weighted by atomic mass is 9.73. The molecule has 1 aromatic rings. The number of carbonyl (C=O) groups is 1. The normalized spacial score (nSPS) is 26.2. The highest BCUT2D eigenvalue weighted by Gasteiger charge is 2.36. The SMILES string of the molecule is C#CC(C)(NC(=O)c1ccsc1)C1CCC(C)CC1. The number of carbonyl (C=O) groups excluding carboxylic acids is 1. The van der Waals surface area contributed by atoms with E-state index in [9.17, 15) is 4.79 Å². The van der Waals surface area contributed by atoms with E-state index in [1.54, 1.807) is 0 Å². The average Bonchev–Trinajstić information content (AvgIpc) is 2.93. The topological polar surface area (TPSA) is 29.1 Å². The summed E-state index contributed by atoms with van der Waals surface area (Å²) in [6, 6.07) is 1.83. The summed E-state index contributed by atoms with van der Waals surface area (Å²) in [6.07, 6.45) is 10.3. The lowest BCUT2D eigenvalue weighted by Crippen LogP contribution is -2.51. The van der Waals surface area contributed by atoms with Crippen LogP contribution in [0.25, 0.3) is 0 Å². The van der Waals surface area contributed by atoms with Crippen molar-refractivity contribution in [3.05, 3.63) is 22.4 Å². The molecule has 0 spiro atoms. The molecular formula is C16H21NOS. The molecule has 0 aromatic carbocycles. The van der Waals surface area contributed by atoms with Gasteiger partial charge in [-0.25, -0.2) is 0 Å². The second-order valence-corrected chi connectivity index (χ2v) is 6.55. The molecule has 1 amide bonds. The molecule has 2 nitrogen and oxygen atoms in total. The Morgan fingerprint density at radius 2 is 2.16 bits per heavy atom. The number of nitrogens with one attached hydrogen (secondary N) is 1. The summed E-state index contributed by atoms with van der Waals surface area (Å²) in [5.74, 6) is 3.94. The van der Waals surface area contributed by atoms with Crippen LogP contribution in [0.4, 0.5) is 0 Å². The van der Waals surface area contributed by atoms with E-state index < -0.39 is 5.54 Å². The fourth-order valence-corrected chi connectivity index (χ4v) is 3.43. The molecule has 1 aliphatic carbocycles. The fourth-order valence-electron chi connectivity index (χ4n) is 2.80. The van der Waals surface area contributed by atoms with E-state index in [1.807, 2.05) is 23.8 Å². The molecule has 102 valence electrons. The van der Waals surface area contributed by atoms with Crippen LogP contribution in [0.2, 0.25) is 0 Å². The Labute approximate surface area is 119 Å². The Bertz CT molecular complexity index is 465. The molecule has 2 rings (SSSR count). The van der Waals surface area contributed by atoms with Gasteiger partial charge in [-0.05, 0) is 43.0 Å². The second-order valence-electron chi connectivity index (χ2n) is 5.77. The number of terminal acetylenes is 1. The standard InChI is InChI=1S/C16H21NOS/c1-4-16(3,14-7-5-12(2)6-8-14)17-15(18)13-9-10-19-11-13/h1,9-12,14H,5-8H2,2-3H3,(H,17,18). The number of hydrogen-bond donors (Lipinski definition) is 1. The molecule has 1 heterocycles. The van der Waals surface area contributed by atoms with Gasteiger partial charge >= 0.3 is 0 Å². The van der Waals surface area contributed by atoms with E-state index in [1.165, 1.54) is 24.2 Å². The van der Waals surface area contributed by atoms with Gasteiger partial charge in [0.15, 0.2) is 0 Å². The zero-order valence-corrected chi connectivity index (χ0v) is 12.4. The van der Waals surface area contributed by atoms with Crippen molar-refractivity contribution in [2.24, 2.45) is 11.8 Å².